The summed E-state index contributed by atoms with van der Waals surface area (Å²) in [4.78, 5) is 9.07. The molecular formula is C18H10Cl2N6O. The Morgan fingerprint density at radius 2 is 1.74 bits per heavy atom. The third-order valence-corrected chi connectivity index (χ3v) is 4.92. The number of aromatic nitrogens is 6. The molecule has 0 aliphatic rings. The van der Waals surface area contributed by atoms with E-state index in [1.54, 1.807) is 58.1 Å². The third kappa shape index (κ3) is 2.59. The average Bonchev–Trinajstić information content (AvgIpc) is 3.28. The van der Waals surface area contributed by atoms with E-state index in [0.717, 1.165) is 16.6 Å². The van der Waals surface area contributed by atoms with E-state index in [4.69, 9.17) is 23.2 Å². The molecule has 0 saturated heterocycles. The van der Waals surface area contributed by atoms with Gasteiger partial charge in [-0.2, -0.15) is 5.10 Å². The topological polar surface area (TPSA) is 81.1 Å². The molecule has 0 saturated carbocycles. The molecule has 0 spiro atoms. The zero-order chi connectivity index (χ0) is 18.5. The molecule has 27 heavy (non-hydrogen) atoms. The lowest BCUT2D eigenvalue weighted by atomic mass is 10.2. The van der Waals surface area contributed by atoms with E-state index in [9.17, 15) is 5.11 Å². The highest BCUT2D eigenvalue weighted by molar-refractivity contribution is 6.42. The first-order valence-electron chi connectivity index (χ1n) is 7.94. The molecular weight excluding hydrogens is 387 g/mol. The predicted molar refractivity (Wildman–Crippen MR) is 103 cm³/mol. The molecule has 0 unspecified atom stereocenters. The van der Waals surface area contributed by atoms with Crippen LogP contribution in [0.25, 0.3) is 33.8 Å². The molecule has 2 aromatic carbocycles. The van der Waals surface area contributed by atoms with E-state index in [-0.39, 0.29) is 5.75 Å². The fourth-order valence-electron chi connectivity index (χ4n) is 2.86. The van der Waals surface area contributed by atoms with Gasteiger partial charge < -0.3 is 5.11 Å². The van der Waals surface area contributed by atoms with E-state index in [1.165, 1.54) is 0 Å². The molecule has 5 rings (SSSR count). The third-order valence-electron chi connectivity index (χ3n) is 4.18. The van der Waals surface area contributed by atoms with Crippen molar-refractivity contribution in [2.75, 3.05) is 0 Å². The summed E-state index contributed by atoms with van der Waals surface area (Å²) in [5.74, 6) is 0.723. The van der Waals surface area contributed by atoms with Crippen LogP contribution >= 0.6 is 23.2 Å². The first-order valence-corrected chi connectivity index (χ1v) is 8.70. The number of benzene rings is 2. The summed E-state index contributed by atoms with van der Waals surface area (Å²) < 4.78 is 3.28. The van der Waals surface area contributed by atoms with Gasteiger partial charge in [0, 0.05) is 5.56 Å². The molecule has 132 valence electrons. The maximum absolute atomic E-state index is 9.45. The van der Waals surface area contributed by atoms with Crippen LogP contribution in [-0.2, 0) is 0 Å². The SMILES string of the molecule is Oc1ccc(-c2nc3c4cnn(-c5ccc(Cl)c(Cl)c5)c4ncn3n2)cc1. The molecule has 0 bridgehead atoms. The summed E-state index contributed by atoms with van der Waals surface area (Å²) in [5, 5.41) is 20.0. The molecule has 0 atom stereocenters. The van der Waals surface area contributed by atoms with E-state index in [0.29, 0.717) is 27.2 Å². The minimum atomic E-state index is 0.189. The van der Waals surface area contributed by atoms with Crippen LogP contribution in [0.4, 0.5) is 0 Å². The molecule has 5 aromatic rings. The fraction of sp³-hybridized carbons (Fsp3) is 0. The van der Waals surface area contributed by atoms with Crippen molar-refractivity contribution in [3.05, 3.63) is 65.0 Å². The Morgan fingerprint density at radius 1 is 0.926 bits per heavy atom. The van der Waals surface area contributed by atoms with E-state index >= 15 is 0 Å². The highest BCUT2D eigenvalue weighted by Crippen LogP contribution is 2.27. The number of phenolic OH excluding ortho intramolecular Hbond substituents is 1. The lowest BCUT2D eigenvalue weighted by Crippen LogP contribution is -1.99. The van der Waals surface area contributed by atoms with E-state index in [1.807, 2.05) is 6.07 Å². The number of nitrogens with zero attached hydrogens (tertiary/aromatic N) is 6. The van der Waals surface area contributed by atoms with Crippen molar-refractivity contribution in [3.63, 3.8) is 0 Å². The highest BCUT2D eigenvalue weighted by Gasteiger charge is 2.15. The number of hydrogen-bond acceptors (Lipinski definition) is 5. The maximum atomic E-state index is 9.45. The molecule has 0 radical (unpaired) electrons. The van der Waals surface area contributed by atoms with Crippen LogP contribution in [0.3, 0.4) is 0 Å². The van der Waals surface area contributed by atoms with Crippen LogP contribution in [0, 0.1) is 0 Å². The van der Waals surface area contributed by atoms with Crippen molar-refractivity contribution in [2.24, 2.45) is 0 Å². The van der Waals surface area contributed by atoms with Gasteiger partial charge in [-0.15, -0.1) is 5.10 Å². The van der Waals surface area contributed by atoms with Gasteiger partial charge in [-0.3, -0.25) is 0 Å². The van der Waals surface area contributed by atoms with Crippen molar-refractivity contribution in [2.45, 2.75) is 0 Å². The van der Waals surface area contributed by atoms with Crippen LogP contribution in [0.1, 0.15) is 0 Å². The number of phenols is 1. The van der Waals surface area contributed by atoms with E-state index < -0.39 is 0 Å². The van der Waals surface area contributed by atoms with Crippen LogP contribution < -0.4 is 0 Å². The van der Waals surface area contributed by atoms with Crippen molar-refractivity contribution in [1.29, 1.82) is 0 Å². The van der Waals surface area contributed by atoms with Crippen molar-refractivity contribution >= 4 is 39.9 Å². The monoisotopic (exact) mass is 396 g/mol. The number of halogens is 2. The van der Waals surface area contributed by atoms with E-state index in [2.05, 4.69) is 20.2 Å². The Balaban J connectivity index is 1.68. The summed E-state index contributed by atoms with van der Waals surface area (Å²) in [5.41, 5.74) is 2.80. The molecule has 7 nitrogen and oxygen atoms in total. The van der Waals surface area contributed by atoms with Gasteiger partial charge >= 0.3 is 0 Å². The molecule has 0 amide bonds. The summed E-state index contributed by atoms with van der Waals surface area (Å²) in [6, 6.07) is 12.0. The van der Waals surface area contributed by atoms with Gasteiger partial charge in [-0.25, -0.2) is 19.2 Å². The van der Waals surface area contributed by atoms with Crippen LogP contribution in [0.5, 0.6) is 5.75 Å². The molecule has 1 N–H and O–H groups in total. The number of rotatable bonds is 2. The van der Waals surface area contributed by atoms with Crippen LogP contribution in [0.15, 0.2) is 55.0 Å². The second-order valence-electron chi connectivity index (χ2n) is 5.89. The van der Waals surface area contributed by atoms with Crippen LogP contribution in [-0.4, -0.2) is 34.5 Å². The normalized spacial score (nSPS) is 11.5. The summed E-state index contributed by atoms with van der Waals surface area (Å²) in [6.07, 6.45) is 3.28. The highest BCUT2D eigenvalue weighted by atomic mass is 35.5. The summed E-state index contributed by atoms with van der Waals surface area (Å²) in [7, 11) is 0. The minimum Gasteiger partial charge on any atom is -0.508 e. The Hall–Kier alpha value is -3.16. The van der Waals surface area contributed by atoms with Gasteiger partial charge in [0.25, 0.3) is 0 Å². The molecule has 0 aliphatic heterocycles. The van der Waals surface area contributed by atoms with Gasteiger partial charge in [0.1, 0.15) is 12.1 Å². The fourth-order valence-corrected chi connectivity index (χ4v) is 3.15. The number of aromatic hydroxyl groups is 1. The lowest BCUT2D eigenvalue weighted by Gasteiger charge is -2.04. The zero-order valence-corrected chi connectivity index (χ0v) is 15.1. The zero-order valence-electron chi connectivity index (χ0n) is 13.6. The first-order chi connectivity index (χ1) is 13.1. The standard InChI is InChI=1S/C18H10Cl2N6O/c19-14-6-3-11(7-15(14)20)26-17-13(8-22-26)18-23-16(24-25(18)9-21-17)10-1-4-12(27)5-2-10/h1-9,27H. The van der Waals surface area contributed by atoms with Crippen molar-refractivity contribution in [3.8, 4) is 22.8 Å². The Labute approximate surface area is 162 Å². The Kier molecular flexibility index (Phi) is 3.53. The smallest absolute Gasteiger partial charge is 0.182 e. The second kappa shape index (κ2) is 5.94. The molecule has 0 fully saturated rings. The predicted octanol–water partition coefficient (Wildman–Crippen LogP) is 4.14. The van der Waals surface area contributed by atoms with Gasteiger partial charge in [0.05, 0.1) is 27.3 Å². The summed E-state index contributed by atoms with van der Waals surface area (Å²) in [6.45, 7) is 0. The number of hydrogen-bond donors (Lipinski definition) is 1. The Bertz CT molecular complexity index is 1310. The summed E-state index contributed by atoms with van der Waals surface area (Å²) >= 11 is 12.1. The largest absolute Gasteiger partial charge is 0.508 e. The number of fused-ring (bicyclic) bond motifs is 3. The van der Waals surface area contributed by atoms with Gasteiger partial charge in [0.2, 0.25) is 0 Å². The molecule has 3 heterocycles. The van der Waals surface area contributed by atoms with Gasteiger partial charge in [-0.05, 0) is 42.5 Å². The molecule has 3 aromatic heterocycles. The quantitative estimate of drug-likeness (QED) is 0.484. The van der Waals surface area contributed by atoms with Gasteiger partial charge in [0.15, 0.2) is 17.1 Å². The maximum Gasteiger partial charge on any atom is 0.182 e. The lowest BCUT2D eigenvalue weighted by molar-refractivity contribution is 0.475. The van der Waals surface area contributed by atoms with Crippen molar-refractivity contribution in [1.82, 2.24) is 29.4 Å². The minimum absolute atomic E-state index is 0.189. The van der Waals surface area contributed by atoms with Gasteiger partial charge in [-0.1, -0.05) is 23.2 Å². The molecule has 0 aliphatic carbocycles. The molecule has 9 heteroatoms. The Morgan fingerprint density at radius 3 is 2.52 bits per heavy atom. The first kappa shape index (κ1) is 16.0. The second-order valence-corrected chi connectivity index (χ2v) is 6.70. The van der Waals surface area contributed by atoms with Crippen LogP contribution in [0.2, 0.25) is 10.0 Å². The average molecular weight is 397 g/mol. The van der Waals surface area contributed by atoms with Crippen molar-refractivity contribution < 1.29 is 5.11 Å².